The van der Waals surface area contributed by atoms with Crippen LogP contribution < -0.4 is 11.3 Å². The van der Waals surface area contributed by atoms with Crippen molar-refractivity contribution in [2.45, 2.75) is 36.6 Å². The summed E-state index contributed by atoms with van der Waals surface area (Å²) in [5, 5.41) is 27.1. The number of hydrogen-bond acceptors (Lipinski definition) is 7. The van der Waals surface area contributed by atoms with Crippen LogP contribution >= 0.6 is 11.6 Å². The zero-order valence-corrected chi connectivity index (χ0v) is 15.5. The standard InChI is InChI=1S/C18H19ClN7O2/c1-21-18(6-10-2-4-11(19)5-3-10)7-13(14(27)15(18)28)26-17-12(8-24-26)16(25-20)22-9-23-17/h1-5,8-9,13-15,27-28H,6-7,20H2,(H,22,23,25)/q+1/t13-,14+,15+,18-/m1/s1. The normalized spacial score (nSPS) is 27.0. The molecule has 4 rings (SSSR count). The third-order valence-electron chi connectivity index (χ3n) is 5.35. The van der Waals surface area contributed by atoms with E-state index in [-0.39, 0.29) is 6.42 Å². The molecule has 1 saturated carbocycles. The number of rotatable bonds is 4. The number of fused-ring (bicyclic) bond motifs is 1. The molecule has 1 fully saturated rings. The molecule has 0 bridgehead atoms. The minimum Gasteiger partial charge on any atom is -0.388 e. The van der Waals surface area contributed by atoms with Crippen molar-refractivity contribution >= 4 is 28.5 Å². The molecule has 4 atom stereocenters. The van der Waals surface area contributed by atoms with E-state index < -0.39 is 23.8 Å². The van der Waals surface area contributed by atoms with Crippen molar-refractivity contribution in [3.63, 3.8) is 0 Å². The molecule has 0 unspecified atom stereocenters. The zero-order valence-electron chi connectivity index (χ0n) is 14.8. The minimum absolute atomic E-state index is 0.278. The number of nitrogens with one attached hydrogen (secondary N) is 1. The summed E-state index contributed by atoms with van der Waals surface area (Å²) in [6.07, 6.45) is 1.22. The molecule has 3 aromatic rings. The molecule has 10 heteroatoms. The highest BCUT2D eigenvalue weighted by Crippen LogP contribution is 2.44. The highest BCUT2D eigenvalue weighted by atomic mass is 35.5. The topological polar surface area (TPSA) is 126 Å². The third-order valence-corrected chi connectivity index (χ3v) is 5.61. The summed E-state index contributed by atoms with van der Waals surface area (Å²) in [5.74, 6) is 5.90. The van der Waals surface area contributed by atoms with E-state index in [4.69, 9.17) is 24.0 Å². The molecule has 0 saturated heterocycles. The van der Waals surface area contributed by atoms with E-state index in [1.807, 2.05) is 12.1 Å². The number of nitrogens with two attached hydrogens (primary N) is 1. The highest BCUT2D eigenvalue weighted by molar-refractivity contribution is 6.30. The van der Waals surface area contributed by atoms with Gasteiger partial charge in [-0.3, -0.25) is 0 Å². The van der Waals surface area contributed by atoms with Crippen molar-refractivity contribution < 1.29 is 10.2 Å². The molecule has 0 spiro atoms. The van der Waals surface area contributed by atoms with Gasteiger partial charge in [0.2, 0.25) is 0 Å². The largest absolute Gasteiger partial charge is 0.388 e. The predicted octanol–water partition coefficient (Wildman–Crippen LogP) is 1.38. The van der Waals surface area contributed by atoms with Crippen LogP contribution in [-0.2, 0) is 6.42 Å². The number of hydrazine groups is 1. The molecule has 0 amide bonds. The maximum Gasteiger partial charge on any atom is 0.314 e. The van der Waals surface area contributed by atoms with E-state index in [1.165, 1.54) is 6.33 Å². The predicted molar refractivity (Wildman–Crippen MR) is 105 cm³/mol. The van der Waals surface area contributed by atoms with Gasteiger partial charge < -0.3 is 15.6 Å². The Balaban J connectivity index is 1.71. The number of aromatic nitrogens is 4. The van der Waals surface area contributed by atoms with Crippen LogP contribution in [0.4, 0.5) is 5.82 Å². The fourth-order valence-electron chi connectivity index (χ4n) is 3.89. The van der Waals surface area contributed by atoms with Crippen molar-refractivity contribution in [2.24, 2.45) is 5.84 Å². The Morgan fingerprint density at radius 1 is 1.32 bits per heavy atom. The fourth-order valence-corrected chi connectivity index (χ4v) is 4.02. The summed E-state index contributed by atoms with van der Waals surface area (Å²) in [5.41, 5.74) is 2.80. The van der Waals surface area contributed by atoms with Crippen molar-refractivity contribution in [3.8, 4) is 6.57 Å². The Labute approximate surface area is 165 Å². The van der Waals surface area contributed by atoms with Crippen LogP contribution in [0.3, 0.4) is 0 Å². The molecule has 5 N–H and O–H groups in total. The number of nitrogen functional groups attached to an aromatic ring is 1. The Bertz CT molecular complexity index is 1050. The van der Waals surface area contributed by atoms with E-state index in [1.54, 1.807) is 23.0 Å². The lowest BCUT2D eigenvalue weighted by atomic mass is 9.87. The lowest BCUT2D eigenvalue weighted by Crippen LogP contribution is -2.41. The second-order valence-electron chi connectivity index (χ2n) is 6.94. The van der Waals surface area contributed by atoms with Crippen molar-refractivity contribution in [3.05, 3.63) is 52.2 Å². The van der Waals surface area contributed by atoms with Gasteiger partial charge in [0, 0.05) is 5.02 Å². The molecule has 2 heterocycles. The second-order valence-corrected chi connectivity index (χ2v) is 7.37. The average molecular weight is 401 g/mol. The fraction of sp³-hybridized carbons (Fsp3) is 0.333. The van der Waals surface area contributed by atoms with E-state index in [9.17, 15) is 10.2 Å². The molecular formula is C18H19ClN7O2+. The van der Waals surface area contributed by atoms with Crippen molar-refractivity contribution in [1.29, 1.82) is 0 Å². The number of aliphatic hydroxyl groups excluding tert-OH is 2. The van der Waals surface area contributed by atoms with Gasteiger partial charge >= 0.3 is 5.54 Å². The summed E-state index contributed by atoms with van der Waals surface area (Å²) in [6.45, 7) is 5.72. The van der Waals surface area contributed by atoms with Gasteiger partial charge in [-0.2, -0.15) is 5.10 Å². The Kier molecular flexibility index (Phi) is 4.64. The smallest absolute Gasteiger partial charge is 0.314 e. The van der Waals surface area contributed by atoms with Gasteiger partial charge in [-0.15, -0.1) is 0 Å². The molecule has 0 aliphatic heterocycles. The first-order valence-electron chi connectivity index (χ1n) is 8.66. The van der Waals surface area contributed by atoms with Gasteiger partial charge in [-0.1, -0.05) is 28.6 Å². The molecule has 2 aromatic heterocycles. The first-order valence-corrected chi connectivity index (χ1v) is 9.04. The first kappa shape index (κ1) is 18.6. The average Bonchev–Trinajstić information content (AvgIpc) is 3.24. The summed E-state index contributed by atoms with van der Waals surface area (Å²) in [6, 6.07) is 6.63. The van der Waals surface area contributed by atoms with Crippen LogP contribution in [0.15, 0.2) is 36.8 Å². The molecule has 144 valence electrons. The van der Waals surface area contributed by atoms with Crippen LogP contribution in [0, 0.1) is 6.57 Å². The quantitative estimate of drug-likeness (QED) is 0.385. The molecular weight excluding hydrogens is 382 g/mol. The van der Waals surface area contributed by atoms with Gasteiger partial charge in [-0.05, 0) is 17.7 Å². The van der Waals surface area contributed by atoms with Gasteiger partial charge in [0.1, 0.15) is 12.4 Å². The number of hydrogen-bond donors (Lipinski definition) is 4. The van der Waals surface area contributed by atoms with E-state index in [0.717, 1.165) is 5.56 Å². The van der Waals surface area contributed by atoms with Crippen LogP contribution in [0.5, 0.6) is 0 Å². The summed E-state index contributed by atoms with van der Waals surface area (Å²) >= 11 is 5.94. The summed E-state index contributed by atoms with van der Waals surface area (Å²) in [7, 11) is 0. The highest BCUT2D eigenvalue weighted by Gasteiger charge is 2.62. The minimum atomic E-state index is -1.17. The molecule has 9 nitrogen and oxygen atoms in total. The Hall–Kier alpha value is -2.77. The lowest BCUT2D eigenvalue weighted by Gasteiger charge is -2.17. The lowest BCUT2D eigenvalue weighted by molar-refractivity contribution is 0.00483. The van der Waals surface area contributed by atoms with Crippen molar-refractivity contribution in [2.75, 3.05) is 5.43 Å². The molecule has 1 aliphatic rings. The zero-order chi connectivity index (χ0) is 19.9. The SMILES string of the molecule is C#[N+][C@]1(Cc2ccc(Cl)cc2)C[C@@H](n2ncc3c(NN)ncnc32)[C@H](O)[C@@H]1O. The van der Waals surface area contributed by atoms with E-state index in [2.05, 4.69) is 25.3 Å². The first-order chi connectivity index (χ1) is 13.5. The second kappa shape index (κ2) is 7.00. The Morgan fingerprint density at radius 2 is 2.07 bits per heavy atom. The number of anilines is 1. The van der Waals surface area contributed by atoms with Gasteiger partial charge in [0.05, 0.1) is 30.5 Å². The Morgan fingerprint density at radius 3 is 2.75 bits per heavy atom. The molecule has 1 aliphatic carbocycles. The monoisotopic (exact) mass is 400 g/mol. The van der Waals surface area contributed by atoms with Crippen LogP contribution in [-0.4, -0.2) is 47.7 Å². The van der Waals surface area contributed by atoms with Crippen LogP contribution in [0.1, 0.15) is 18.0 Å². The molecule has 0 radical (unpaired) electrons. The molecule has 1 aromatic carbocycles. The summed E-state index contributed by atoms with van der Waals surface area (Å²) in [4.78, 5) is 12.3. The third kappa shape index (κ3) is 2.87. The van der Waals surface area contributed by atoms with Crippen molar-refractivity contribution in [1.82, 2.24) is 19.7 Å². The number of benzene rings is 1. The van der Waals surface area contributed by atoms with Crippen LogP contribution in [0.2, 0.25) is 5.02 Å². The van der Waals surface area contributed by atoms with E-state index >= 15 is 0 Å². The number of aliphatic hydroxyl groups is 2. The maximum atomic E-state index is 10.8. The molecule has 28 heavy (non-hydrogen) atoms. The van der Waals surface area contributed by atoms with Crippen LogP contribution in [0.25, 0.3) is 15.9 Å². The van der Waals surface area contributed by atoms with Gasteiger partial charge in [-0.25, -0.2) is 20.5 Å². The van der Waals surface area contributed by atoms with Gasteiger partial charge in [0.15, 0.2) is 17.6 Å². The number of nitrogens with zero attached hydrogens (tertiary/aromatic N) is 5. The maximum absolute atomic E-state index is 10.8. The summed E-state index contributed by atoms with van der Waals surface area (Å²) < 4.78 is 1.56. The van der Waals surface area contributed by atoms with Gasteiger partial charge in [0.25, 0.3) is 6.57 Å². The van der Waals surface area contributed by atoms with E-state index in [0.29, 0.717) is 28.3 Å². The number of halogens is 1.